The van der Waals surface area contributed by atoms with E-state index in [-0.39, 0.29) is 0 Å². The fourth-order valence-electron chi connectivity index (χ4n) is 8.17. The van der Waals surface area contributed by atoms with Crippen molar-refractivity contribution >= 4 is 53.9 Å². The van der Waals surface area contributed by atoms with E-state index in [0.717, 1.165) is 0 Å². The van der Waals surface area contributed by atoms with E-state index in [9.17, 15) is 0 Å². The van der Waals surface area contributed by atoms with Crippen LogP contribution in [0.15, 0.2) is 194 Å². The van der Waals surface area contributed by atoms with Crippen LogP contribution in [0.1, 0.15) is 0 Å². The van der Waals surface area contributed by atoms with Crippen LogP contribution < -0.4 is 0 Å². The second-order valence-electron chi connectivity index (χ2n) is 13.2. The van der Waals surface area contributed by atoms with Crippen LogP contribution in [0.2, 0.25) is 0 Å². The summed E-state index contributed by atoms with van der Waals surface area (Å²) >= 11 is 0. The van der Waals surface area contributed by atoms with Gasteiger partial charge in [-0.25, -0.2) is 0 Å². The molecule has 0 saturated carbocycles. The van der Waals surface area contributed by atoms with E-state index < -0.39 is 0 Å². The fourth-order valence-corrected chi connectivity index (χ4v) is 8.17. The summed E-state index contributed by atoms with van der Waals surface area (Å²) in [7, 11) is 0. The normalized spacial score (nSPS) is 11.6. The zero-order valence-corrected chi connectivity index (χ0v) is 27.5. The van der Waals surface area contributed by atoms with Crippen molar-refractivity contribution in [2.75, 3.05) is 0 Å². The first-order valence-electron chi connectivity index (χ1n) is 17.4. The van der Waals surface area contributed by atoms with E-state index in [1.165, 1.54) is 98.4 Å². The van der Waals surface area contributed by atoms with Crippen LogP contribution in [0.25, 0.3) is 98.4 Å². The van der Waals surface area contributed by atoms with Crippen molar-refractivity contribution in [1.29, 1.82) is 0 Å². The molecule has 10 aromatic rings. The molecule has 0 aliphatic carbocycles. The minimum Gasteiger partial charge on any atom is -0.0616 e. The highest BCUT2D eigenvalue weighted by atomic mass is 14.2. The number of hydrogen-bond donors (Lipinski definition) is 0. The second-order valence-corrected chi connectivity index (χ2v) is 13.2. The minimum absolute atomic E-state index is 1.21. The molecule has 0 heterocycles. The predicted octanol–water partition coefficient (Wildman–Crippen LogP) is 14.1. The second kappa shape index (κ2) is 11.6. The maximum Gasteiger partial charge on any atom is -0.00139 e. The molecule has 0 radical (unpaired) electrons. The van der Waals surface area contributed by atoms with Crippen molar-refractivity contribution < 1.29 is 0 Å². The van der Waals surface area contributed by atoms with Crippen LogP contribution in [0.4, 0.5) is 0 Å². The van der Waals surface area contributed by atoms with E-state index in [0.29, 0.717) is 0 Å². The molecule has 10 aromatic carbocycles. The summed E-state index contributed by atoms with van der Waals surface area (Å²) < 4.78 is 0. The summed E-state index contributed by atoms with van der Waals surface area (Å²) in [6.45, 7) is 0. The van der Waals surface area contributed by atoms with Gasteiger partial charge in [0.05, 0.1) is 0 Å². The van der Waals surface area contributed by atoms with Gasteiger partial charge < -0.3 is 0 Å². The van der Waals surface area contributed by atoms with Gasteiger partial charge in [-0.05, 0) is 111 Å². The summed E-state index contributed by atoms with van der Waals surface area (Å²) in [5.41, 5.74) is 9.96. The maximum absolute atomic E-state index is 2.39. The highest BCUT2D eigenvalue weighted by Crippen LogP contribution is 2.49. The molecule has 0 aliphatic rings. The largest absolute Gasteiger partial charge is 0.0616 e. The van der Waals surface area contributed by atoms with Crippen LogP contribution in [0.5, 0.6) is 0 Å². The first kappa shape index (κ1) is 28.5. The lowest BCUT2D eigenvalue weighted by Crippen LogP contribution is -1.94. The molecular formula is C50H32. The Morgan fingerprint density at radius 3 is 1.46 bits per heavy atom. The van der Waals surface area contributed by atoms with Crippen molar-refractivity contribution in [3.63, 3.8) is 0 Å². The Labute approximate surface area is 291 Å². The molecule has 50 heavy (non-hydrogen) atoms. The van der Waals surface area contributed by atoms with Crippen LogP contribution >= 0.6 is 0 Å². The van der Waals surface area contributed by atoms with Gasteiger partial charge in [0, 0.05) is 0 Å². The Morgan fingerprint density at radius 2 is 0.700 bits per heavy atom. The van der Waals surface area contributed by atoms with Crippen molar-refractivity contribution in [3.05, 3.63) is 194 Å². The van der Waals surface area contributed by atoms with E-state index in [1.807, 2.05) is 0 Å². The zero-order valence-electron chi connectivity index (χ0n) is 27.5. The lowest BCUT2D eigenvalue weighted by molar-refractivity contribution is 1.62. The smallest absolute Gasteiger partial charge is 0.00139 e. The molecule has 10 rings (SSSR count). The first-order chi connectivity index (χ1) is 24.8. The summed E-state index contributed by atoms with van der Waals surface area (Å²) in [5.74, 6) is 0. The molecule has 0 saturated heterocycles. The third-order valence-corrected chi connectivity index (χ3v) is 10.4. The Bertz CT molecular complexity index is 2920. The molecule has 0 amide bonds. The molecule has 0 atom stereocenters. The van der Waals surface area contributed by atoms with Crippen LogP contribution in [-0.4, -0.2) is 0 Å². The Morgan fingerprint density at radius 1 is 0.220 bits per heavy atom. The van der Waals surface area contributed by atoms with Gasteiger partial charge >= 0.3 is 0 Å². The molecule has 0 unspecified atom stereocenters. The molecule has 0 spiro atoms. The Kier molecular flexibility index (Phi) is 6.60. The number of benzene rings is 10. The van der Waals surface area contributed by atoms with Gasteiger partial charge in [-0.1, -0.05) is 182 Å². The average Bonchev–Trinajstić information content (AvgIpc) is 3.19. The van der Waals surface area contributed by atoms with Gasteiger partial charge in [0.15, 0.2) is 0 Å². The molecule has 0 aromatic heterocycles. The third-order valence-electron chi connectivity index (χ3n) is 10.4. The lowest BCUT2D eigenvalue weighted by atomic mass is 9.81. The Balaban J connectivity index is 1.35. The SMILES string of the molecule is c1cc(-c2ccc3ccccc3c2)cc(-c2c3ccccc3c(-c3cccc4ccccc34)c3cccc(-c4cccc5ccccc45)c23)c1. The van der Waals surface area contributed by atoms with E-state index in [2.05, 4.69) is 194 Å². The highest BCUT2D eigenvalue weighted by molar-refractivity contribution is 6.27. The molecule has 0 fully saturated rings. The highest BCUT2D eigenvalue weighted by Gasteiger charge is 2.21. The predicted molar refractivity (Wildman–Crippen MR) is 216 cm³/mol. The molecule has 0 bridgehead atoms. The molecular weight excluding hydrogens is 601 g/mol. The van der Waals surface area contributed by atoms with Crippen molar-refractivity contribution in [2.45, 2.75) is 0 Å². The molecule has 0 N–H and O–H groups in total. The quantitative estimate of drug-likeness (QED) is 0.169. The third kappa shape index (κ3) is 4.54. The first-order valence-corrected chi connectivity index (χ1v) is 17.4. The van der Waals surface area contributed by atoms with Gasteiger partial charge in [-0.2, -0.15) is 0 Å². The van der Waals surface area contributed by atoms with E-state index >= 15 is 0 Å². The van der Waals surface area contributed by atoms with Gasteiger partial charge in [0.1, 0.15) is 0 Å². The number of rotatable bonds is 4. The van der Waals surface area contributed by atoms with Gasteiger partial charge in [0.25, 0.3) is 0 Å². The zero-order chi connectivity index (χ0) is 33.0. The summed E-state index contributed by atoms with van der Waals surface area (Å²) in [6, 6.07) is 71.4. The number of hydrogen-bond acceptors (Lipinski definition) is 0. The number of fused-ring (bicyclic) bond motifs is 5. The fraction of sp³-hybridized carbons (Fsp3) is 0. The lowest BCUT2D eigenvalue weighted by Gasteiger charge is -2.22. The van der Waals surface area contributed by atoms with E-state index in [4.69, 9.17) is 0 Å². The average molecular weight is 633 g/mol. The van der Waals surface area contributed by atoms with Gasteiger partial charge in [0.2, 0.25) is 0 Å². The van der Waals surface area contributed by atoms with Crippen molar-refractivity contribution in [1.82, 2.24) is 0 Å². The van der Waals surface area contributed by atoms with Crippen molar-refractivity contribution in [2.24, 2.45) is 0 Å². The maximum atomic E-state index is 2.39. The molecule has 0 aliphatic heterocycles. The summed E-state index contributed by atoms with van der Waals surface area (Å²) in [5, 5.41) is 12.6. The monoisotopic (exact) mass is 632 g/mol. The van der Waals surface area contributed by atoms with Crippen LogP contribution in [-0.2, 0) is 0 Å². The van der Waals surface area contributed by atoms with Crippen LogP contribution in [0.3, 0.4) is 0 Å². The Hall–Kier alpha value is -6.50. The van der Waals surface area contributed by atoms with Crippen molar-refractivity contribution in [3.8, 4) is 44.5 Å². The van der Waals surface area contributed by atoms with Gasteiger partial charge in [-0.3, -0.25) is 0 Å². The van der Waals surface area contributed by atoms with Gasteiger partial charge in [-0.15, -0.1) is 0 Å². The summed E-state index contributed by atoms with van der Waals surface area (Å²) in [4.78, 5) is 0. The standard InChI is InChI=1S/C50H32/c1-2-16-36-31-38(30-29-33(36)13-1)37-19-9-20-39(32-37)48-45-23-7-8-24-46(45)49(43-26-11-18-35-15-4-6-22-41(35)43)47-28-12-27-44(50(47)48)42-25-10-17-34-14-3-5-21-40(34)42/h1-32H. The molecule has 232 valence electrons. The van der Waals surface area contributed by atoms with Crippen LogP contribution in [0, 0.1) is 0 Å². The molecule has 0 nitrogen and oxygen atoms in total. The van der Waals surface area contributed by atoms with E-state index in [1.54, 1.807) is 0 Å². The summed E-state index contributed by atoms with van der Waals surface area (Å²) in [6.07, 6.45) is 0. The topological polar surface area (TPSA) is 0 Å². The minimum atomic E-state index is 1.21. The molecule has 0 heteroatoms.